The number of aromatic nitrogens is 1. The first-order valence-electron chi connectivity index (χ1n) is 6.42. The largest absolute Gasteiger partial charge is 0.369 e. The SMILES string of the molecule is CCCNc1ncccc1S(=O)(=O)NCCS(=O)(=O)NC. The van der Waals surface area contributed by atoms with Crippen molar-refractivity contribution in [1.29, 1.82) is 0 Å². The van der Waals surface area contributed by atoms with E-state index in [1.807, 2.05) is 6.92 Å². The Hall–Kier alpha value is -1.23. The molecule has 0 amide bonds. The van der Waals surface area contributed by atoms with Gasteiger partial charge in [-0.1, -0.05) is 6.92 Å². The van der Waals surface area contributed by atoms with Crippen molar-refractivity contribution in [3.63, 3.8) is 0 Å². The minimum Gasteiger partial charge on any atom is -0.369 e. The summed E-state index contributed by atoms with van der Waals surface area (Å²) < 4.78 is 51.3. The van der Waals surface area contributed by atoms with Gasteiger partial charge in [0.2, 0.25) is 20.0 Å². The third kappa shape index (κ3) is 5.58. The number of rotatable bonds is 9. The summed E-state index contributed by atoms with van der Waals surface area (Å²) in [7, 11) is -6.00. The molecule has 1 aromatic heterocycles. The molecule has 1 heterocycles. The summed E-state index contributed by atoms with van der Waals surface area (Å²) in [6.07, 6.45) is 2.31. The Labute approximate surface area is 125 Å². The number of sulfonamides is 2. The van der Waals surface area contributed by atoms with Gasteiger partial charge in [0.05, 0.1) is 5.75 Å². The van der Waals surface area contributed by atoms with Crippen molar-refractivity contribution in [2.75, 3.05) is 31.2 Å². The minimum absolute atomic E-state index is 0.000283. The van der Waals surface area contributed by atoms with Crippen LogP contribution >= 0.6 is 0 Å². The van der Waals surface area contributed by atoms with E-state index in [4.69, 9.17) is 0 Å². The molecule has 0 unspecified atom stereocenters. The second kappa shape index (κ2) is 7.69. The van der Waals surface area contributed by atoms with Crippen molar-refractivity contribution in [1.82, 2.24) is 14.4 Å². The van der Waals surface area contributed by atoms with Gasteiger partial charge in [-0.25, -0.2) is 31.3 Å². The predicted octanol–water partition coefficient (Wildman–Crippen LogP) is -0.269. The molecule has 0 atom stereocenters. The third-order valence-electron chi connectivity index (χ3n) is 2.58. The van der Waals surface area contributed by atoms with Crippen molar-refractivity contribution in [3.05, 3.63) is 18.3 Å². The Morgan fingerprint density at radius 2 is 1.90 bits per heavy atom. The molecular formula is C11H20N4O4S2. The van der Waals surface area contributed by atoms with Crippen LogP contribution in [0.1, 0.15) is 13.3 Å². The van der Waals surface area contributed by atoms with Gasteiger partial charge in [0.15, 0.2) is 0 Å². The van der Waals surface area contributed by atoms with Crippen LogP contribution in [-0.2, 0) is 20.0 Å². The number of nitrogens with one attached hydrogen (secondary N) is 3. The maximum atomic E-state index is 12.2. The Kier molecular flexibility index (Phi) is 6.52. The van der Waals surface area contributed by atoms with E-state index in [1.54, 1.807) is 0 Å². The van der Waals surface area contributed by atoms with E-state index >= 15 is 0 Å². The lowest BCUT2D eigenvalue weighted by atomic mass is 10.4. The Balaban J connectivity index is 2.83. The monoisotopic (exact) mass is 336 g/mol. The Morgan fingerprint density at radius 1 is 1.19 bits per heavy atom. The summed E-state index contributed by atoms with van der Waals surface area (Å²) in [6.45, 7) is 2.33. The first kappa shape index (κ1) is 17.8. The average molecular weight is 336 g/mol. The fourth-order valence-electron chi connectivity index (χ4n) is 1.47. The van der Waals surface area contributed by atoms with Crippen LogP contribution in [0, 0.1) is 0 Å². The predicted molar refractivity (Wildman–Crippen MR) is 81.1 cm³/mol. The van der Waals surface area contributed by atoms with Gasteiger partial charge in [-0.3, -0.25) is 0 Å². The van der Waals surface area contributed by atoms with Gasteiger partial charge in [-0.2, -0.15) is 0 Å². The molecule has 0 aliphatic carbocycles. The fourth-order valence-corrected chi connectivity index (χ4v) is 3.34. The fraction of sp³-hybridized carbons (Fsp3) is 0.545. The highest BCUT2D eigenvalue weighted by molar-refractivity contribution is 7.90. The smallest absolute Gasteiger partial charge is 0.244 e. The topological polar surface area (TPSA) is 117 Å². The quantitative estimate of drug-likeness (QED) is 0.571. The molecule has 0 bridgehead atoms. The lowest BCUT2D eigenvalue weighted by Gasteiger charge is -2.11. The summed E-state index contributed by atoms with van der Waals surface area (Å²) in [5, 5.41) is 2.93. The van der Waals surface area contributed by atoms with Crippen molar-refractivity contribution >= 4 is 25.9 Å². The van der Waals surface area contributed by atoms with Crippen LogP contribution in [0.4, 0.5) is 5.82 Å². The zero-order valence-electron chi connectivity index (χ0n) is 12.0. The standard InChI is InChI=1S/C11H20N4O4S2/c1-3-6-13-11-10(5-4-7-14-11)21(18,19)15-8-9-20(16,17)12-2/h4-5,7,12,15H,3,6,8-9H2,1-2H3,(H,13,14). The minimum atomic E-state index is -3.82. The average Bonchev–Trinajstić information content (AvgIpc) is 2.45. The molecule has 0 saturated heterocycles. The second-order valence-corrected chi connectivity index (χ2v) is 7.98. The van der Waals surface area contributed by atoms with E-state index < -0.39 is 20.0 Å². The van der Waals surface area contributed by atoms with Crippen molar-refractivity contribution in [2.45, 2.75) is 18.2 Å². The first-order valence-corrected chi connectivity index (χ1v) is 9.55. The molecule has 10 heteroatoms. The highest BCUT2D eigenvalue weighted by Crippen LogP contribution is 2.17. The number of nitrogens with zero attached hydrogens (tertiary/aromatic N) is 1. The van der Waals surface area contributed by atoms with E-state index in [-0.39, 0.29) is 23.0 Å². The van der Waals surface area contributed by atoms with Crippen LogP contribution in [0.5, 0.6) is 0 Å². The van der Waals surface area contributed by atoms with Crippen molar-refractivity contribution in [3.8, 4) is 0 Å². The van der Waals surface area contributed by atoms with Crippen LogP contribution in [0.25, 0.3) is 0 Å². The van der Waals surface area contributed by atoms with E-state index in [2.05, 4.69) is 19.7 Å². The number of hydrogen-bond acceptors (Lipinski definition) is 6. The van der Waals surface area contributed by atoms with E-state index in [9.17, 15) is 16.8 Å². The molecule has 0 spiro atoms. The summed E-state index contributed by atoms with van der Waals surface area (Å²) in [5.74, 6) is -0.0795. The van der Waals surface area contributed by atoms with E-state index in [0.29, 0.717) is 6.54 Å². The molecule has 8 nitrogen and oxygen atoms in total. The zero-order chi connectivity index (χ0) is 15.9. The highest BCUT2D eigenvalue weighted by Gasteiger charge is 2.19. The van der Waals surface area contributed by atoms with Crippen LogP contribution in [0.3, 0.4) is 0 Å². The normalized spacial score (nSPS) is 12.3. The van der Waals surface area contributed by atoms with Gasteiger partial charge in [0.1, 0.15) is 10.7 Å². The molecule has 3 N–H and O–H groups in total. The molecule has 1 rings (SSSR count). The molecule has 21 heavy (non-hydrogen) atoms. The third-order valence-corrected chi connectivity index (χ3v) is 5.43. The van der Waals surface area contributed by atoms with Gasteiger partial charge in [-0.05, 0) is 25.6 Å². The maximum Gasteiger partial charge on any atom is 0.244 e. The van der Waals surface area contributed by atoms with Gasteiger partial charge in [0, 0.05) is 19.3 Å². The zero-order valence-corrected chi connectivity index (χ0v) is 13.6. The van der Waals surface area contributed by atoms with Gasteiger partial charge < -0.3 is 5.32 Å². The Bertz CT molecular complexity index is 659. The van der Waals surface area contributed by atoms with Crippen LogP contribution in [0.15, 0.2) is 23.2 Å². The van der Waals surface area contributed by atoms with Crippen molar-refractivity contribution in [2.24, 2.45) is 0 Å². The first-order chi connectivity index (χ1) is 9.82. The lowest BCUT2D eigenvalue weighted by molar-refractivity contribution is 0.578. The molecule has 0 aliphatic heterocycles. The molecule has 0 saturated carbocycles. The number of hydrogen-bond donors (Lipinski definition) is 3. The van der Waals surface area contributed by atoms with E-state index in [0.717, 1.165) is 6.42 Å². The van der Waals surface area contributed by atoms with E-state index in [1.165, 1.54) is 25.4 Å². The van der Waals surface area contributed by atoms with Gasteiger partial charge in [-0.15, -0.1) is 0 Å². The molecule has 0 aromatic carbocycles. The van der Waals surface area contributed by atoms with Gasteiger partial charge >= 0.3 is 0 Å². The maximum absolute atomic E-state index is 12.2. The van der Waals surface area contributed by atoms with Crippen LogP contribution in [0.2, 0.25) is 0 Å². The summed E-state index contributed by atoms with van der Waals surface area (Å²) in [4.78, 5) is 3.99. The molecule has 0 radical (unpaired) electrons. The number of anilines is 1. The van der Waals surface area contributed by atoms with Gasteiger partial charge in [0.25, 0.3) is 0 Å². The van der Waals surface area contributed by atoms with Crippen LogP contribution in [-0.4, -0.2) is 47.7 Å². The molecule has 1 aromatic rings. The lowest BCUT2D eigenvalue weighted by Crippen LogP contribution is -2.33. The summed E-state index contributed by atoms with van der Waals surface area (Å²) >= 11 is 0. The molecular weight excluding hydrogens is 316 g/mol. The molecule has 0 fully saturated rings. The summed E-state index contributed by atoms with van der Waals surface area (Å²) in [5.41, 5.74) is 0. The number of pyridine rings is 1. The summed E-state index contributed by atoms with van der Waals surface area (Å²) in [6, 6.07) is 2.93. The molecule has 0 aliphatic rings. The second-order valence-electron chi connectivity index (χ2n) is 4.20. The Morgan fingerprint density at radius 3 is 2.52 bits per heavy atom. The molecule has 120 valence electrons. The highest BCUT2D eigenvalue weighted by atomic mass is 32.2. The van der Waals surface area contributed by atoms with Crippen molar-refractivity contribution < 1.29 is 16.8 Å². The van der Waals surface area contributed by atoms with Crippen LogP contribution < -0.4 is 14.8 Å².